The second-order valence-corrected chi connectivity index (χ2v) is 7.56. The molecule has 2 heterocycles. The van der Waals surface area contributed by atoms with Gasteiger partial charge in [-0.2, -0.15) is 9.61 Å². The molecule has 7 nitrogen and oxygen atoms in total. The van der Waals surface area contributed by atoms with Crippen LogP contribution in [0.15, 0.2) is 64.5 Å². The van der Waals surface area contributed by atoms with Crippen LogP contribution in [-0.4, -0.2) is 31.2 Å². The fourth-order valence-electron chi connectivity index (χ4n) is 3.03. The number of thioether (sulfide) groups is 1. The highest BCUT2D eigenvalue weighted by molar-refractivity contribution is 7.99. The third-order valence-corrected chi connectivity index (χ3v) is 5.33. The zero-order valence-corrected chi connectivity index (χ0v) is 16.9. The number of nitrogens with zero attached hydrogens (tertiary/aromatic N) is 3. The van der Waals surface area contributed by atoms with E-state index >= 15 is 0 Å². The molecule has 0 saturated heterocycles. The van der Waals surface area contributed by atoms with Gasteiger partial charge in [-0.25, -0.2) is 14.2 Å². The molecule has 2 aromatic heterocycles. The van der Waals surface area contributed by atoms with Gasteiger partial charge in [0, 0.05) is 12.1 Å². The Kier molecular flexibility index (Phi) is 5.62. The largest absolute Gasteiger partial charge is 0.351 e. The molecular weight excluding hydrogens is 405 g/mol. The monoisotopic (exact) mass is 423 g/mol. The highest BCUT2D eigenvalue weighted by Crippen LogP contribution is 2.26. The van der Waals surface area contributed by atoms with E-state index < -0.39 is 5.69 Å². The fraction of sp³-hybridized carbons (Fsp3) is 0.143. The van der Waals surface area contributed by atoms with Gasteiger partial charge in [-0.1, -0.05) is 54.2 Å². The third kappa shape index (κ3) is 4.25. The number of amides is 1. The van der Waals surface area contributed by atoms with E-state index in [2.05, 4.69) is 20.4 Å². The van der Waals surface area contributed by atoms with E-state index in [1.54, 1.807) is 12.1 Å². The maximum atomic E-state index is 12.9. The number of carbonyl (C=O) groups is 1. The van der Waals surface area contributed by atoms with Crippen LogP contribution in [0, 0.1) is 12.7 Å². The summed E-state index contributed by atoms with van der Waals surface area (Å²) in [5.74, 6) is -0.468. The van der Waals surface area contributed by atoms with Gasteiger partial charge in [-0.15, -0.1) is 0 Å². The summed E-state index contributed by atoms with van der Waals surface area (Å²) in [5, 5.41) is 7.39. The Morgan fingerprint density at radius 3 is 2.63 bits per heavy atom. The Balaban J connectivity index is 1.50. The van der Waals surface area contributed by atoms with Crippen molar-refractivity contribution >= 4 is 23.3 Å². The number of H-pyrrole nitrogens is 1. The van der Waals surface area contributed by atoms with Gasteiger partial charge in [-0.3, -0.25) is 9.78 Å². The molecule has 0 bridgehead atoms. The summed E-state index contributed by atoms with van der Waals surface area (Å²) in [7, 11) is 0. The molecule has 9 heteroatoms. The number of hydrogen-bond acceptors (Lipinski definition) is 5. The van der Waals surface area contributed by atoms with Crippen molar-refractivity contribution in [3.63, 3.8) is 0 Å². The first-order valence-corrected chi connectivity index (χ1v) is 10.2. The number of aryl methyl sites for hydroxylation is 1. The second-order valence-electron chi connectivity index (χ2n) is 6.60. The van der Waals surface area contributed by atoms with E-state index in [1.165, 1.54) is 16.6 Å². The molecule has 0 atom stereocenters. The zero-order chi connectivity index (χ0) is 21.1. The molecule has 2 N–H and O–H groups in total. The predicted octanol–water partition coefficient (Wildman–Crippen LogP) is 2.94. The molecule has 152 valence electrons. The van der Waals surface area contributed by atoms with Crippen molar-refractivity contribution in [2.45, 2.75) is 18.6 Å². The molecule has 0 aliphatic heterocycles. The molecule has 0 fully saturated rings. The van der Waals surface area contributed by atoms with Crippen molar-refractivity contribution in [2.24, 2.45) is 0 Å². The molecule has 0 unspecified atom stereocenters. The smallest absolute Gasteiger partial charge is 0.350 e. The molecule has 0 saturated carbocycles. The molecular formula is C21H18FN5O2S. The lowest BCUT2D eigenvalue weighted by atomic mass is 10.1. The normalized spacial score (nSPS) is 11.0. The molecule has 0 spiro atoms. The fourth-order valence-corrected chi connectivity index (χ4v) is 3.71. The van der Waals surface area contributed by atoms with Gasteiger partial charge in [-0.05, 0) is 30.2 Å². The first-order valence-electron chi connectivity index (χ1n) is 9.20. The topological polar surface area (TPSA) is 92.2 Å². The van der Waals surface area contributed by atoms with Crippen LogP contribution in [0.3, 0.4) is 0 Å². The van der Waals surface area contributed by atoms with Gasteiger partial charge in [0.1, 0.15) is 5.82 Å². The Morgan fingerprint density at radius 1 is 1.17 bits per heavy atom. The second kappa shape index (κ2) is 8.50. The quantitative estimate of drug-likeness (QED) is 0.465. The molecule has 2 aromatic carbocycles. The standard InChI is InChI=1S/C21H18FN5O2S/c1-13-18(15-5-3-2-4-6-15)19-24-20(25-21(29)27(19)26-13)30-12-17(28)23-11-14-7-9-16(22)10-8-14/h2-10H,11-12H2,1H3,(H,23,28)(H,24,25,29). The summed E-state index contributed by atoms with van der Waals surface area (Å²) >= 11 is 1.13. The van der Waals surface area contributed by atoms with Gasteiger partial charge in [0.2, 0.25) is 5.91 Å². The SMILES string of the molecule is Cc1nn2c(=O)[nH]c(SCC(=O)NCc3ccc(F)cc3)nc2c1-c1ccccc1. The molecule has 4 aromatic rings. The summed E-state index contributed by atoms with van der Waals surface area (Å²) in [4.78, 5) is 31.8. The first-order chi connectivity index (χ1) is 14.5. The van der Waals surface area contributed by atoms with Crippen molar-refractivity contribution < 1.29 is 9.18 Å². The number of hydrogen-bond donors (Lipinski definition) is 2. The minimum absolute atomic E-state index is 0.0775. The number of halogens is 1. The minimum atomic E-state index is -0.417. The van der Waals surface area contributed by atoms with Gasteiger partial charge in [0.25, 0.3) is 0 Å². The summed E-state index contributed by atoms with van der Waals surface area (Å²) in [6, 6.07) is 15.5. The van der Waals surface area contributed by atoms with Gasteiger partial charge < -0.3 is 5.32 Å². The lowest BCUT2D eigenvalue weighted by Crippen LogP contribution is -2.25. The number of rotatable bonds is 6. The summed E-state index contributed by atoms with van der Waals surface area (Å²) in [5.41, 5.74) is 3.21. The lowest BCUT2D eigenvalue weighted by molar-refractivity contribution is -0.118. The van der Waals surface area contributed by atoms with Crippen molar-refractivity contribution in [3.8, 4) is 11.1 Å². The van der Waals surface area contributed by atoms with Crippen molar-refractivity contribution in [2.75, 3.05) is 5.75 Å². The van der Waals surface area contributed by atoms with Crippen LogP contribution in [0.5, 0.6) is 0 Å². The molecule has 1 amide bonds. The number of aromatic nitrogens is 4. The van der Waals surface area contributed by atoms with Gasteiger partial charge >= 0.3 is 5.69 Å². The molecule has 4 rings (SSSR count). The van der Waals surface area contributed by atoms with Crippen LogP contribution in [0.4, 0.5) is 4.39 Å². The molecule has 0 aliphatic carbocycles. The average Bonchev–Trinajstić information content (AvgIpc) is 3.09. The van der Waals surface area contributed by atoms with Crippen molar-refractivity contribution in [1.82, 2.24) is 24.9 Å². The third-order valence-electron chi connectivity index (χ3n) is 4.46. The van der Waals surface area contributed by atoms with Gasteiger partial charge in [0.05, 0.1) is 11.4 Å². The number of benzene rings is 2. The Hall–Kier alpha value is -3.46. The molecule has 0 aliphatic rings. The van der Waals surface area contributed by atoms with E-state index in [1.807, 2.05) is 37.3 Å². The Bertz CT molecular complexity index is 1250. The maximum Gasteiger partial charge on any atom is 0.350 e. The van der Waals surface area contributed by atoms with Crippen molar-refractivity contribution in [3.05, 3.63) is 82.2 Å². The van der Waals surface area contributed by atoms with Crippen LogP contribution in [-0.2, 0) is 11.3 Å². The van der Waals surface area contributed by atoms with Crippen LogP contribution in [0.2, 0.25) is 0 Å². The number of carbonyl (C=O) groups excluding carboxylic acids is 1. The summed E-state index contributed by atoms with van der Waals surface area (Å²) in [6.45, 7) is 2.12. The Morgan fingerprint density at radius 2 is 1.90 bits per heavy atom. The minimum Gasteiger partial charge on any atom is -0.351 e. The summed E-state index contributed by atoms with van der Waals surface area (Å²) in [6.07, 6.45) is 0. The Labute approximate surface area is 175 Å². The van der Waals surface area contributed by atoms with E-state index in [4.69, 9.17) is 0 Å². The van der Waals surface area contributed by atoms with Crippen molar-refractivity contribution in [1.29, 1.82) is 0 Å². The summed E-state index contributed by atoms with van der Waals surface area (Å²) < 4.78 is 14.2. The van der Waals surface area contributed by atoms with E-state index in [0.29, 0.717) is 23.0 Å². The van der Waals surface area contributed by atoms with Gasteiger partial charge in [0.15, 0.2) is 10.8 Å². The lowest BCUT2D eigenvalue weighted by Gasteiger charge is -2.06. The van der Waals surface area contributed by atoms with Crippen LogP contribution in [0.25, 0.3) is 16.8 Å². The van der Waals surface area contributed by atoms with E-state index in [9.17, 15) is 14.0 Å². The van der Waals surface area contributed by atoms with Crippen LogP contribution < -0.4 is 11.0 Å². The maximum absolute atomic E-state index is 12.9. The predicted molar refractivity (Wildman–Crippen MR) is 113 cm³/mol. The highest BCUT2D eigenvalue weighted by Gasteiger charge is 2.16. The van der Waals surface area contributed by atoms with Crippen LogP contribution in [0.1, 0.15) is 11.3 Å². The number of fused-ring (bicyclic) bond motifs is 1. The van der Waals surface area contributed by atoms with Crippen LogP contribution >= 0.6 is 11.8 Å². The first kappa shape index (κ1) is 19.8. The highest BCUT2D eigenvalue weighted by atomic mass is 32.2. The average molecular weight is 423 g/mol. The molecule has 0 radical (unpaired) electrons. The number of aromatic amines is 1. The molecule has 30 heavy (non-hydrogen) atoms. The van der Waals surface area contributed by atoms with E-state index in [0.717, 1.165) is 28.5 Å². The van der Waals surface area contributed by atoms with E-state index in [-0.39, 0.29) is 17.5 Å². The zero-order valence-electron chi connectivity index (χ0n) is 16.1. The number of nitrogens with one attached hydrogen (secondary N) is 2.